The van der Waals surface area contributed by atoms with E-state index in [1.807, 2.05) is 29.2 Å². The van der Waals surface area contributed by atoms with Crippen LogP contribution in [0.1, 0.15) is 12.0 Å². The molecule has 8 nitrogen and oxygen atoms in total. The summed E-state index contributed by atoms with van der Waals surface area (Å²) in [5.41, 5.74) is 1.09. The molecule has 27 heavy (non-hydrogen) atoms. The third-order valence-corrected chi connectivity index (χ3v) is 4.87. The predicted molar refractivity (Wildman–Crippen MR) is 103 cm³/mol. The van der Waals surface area contributed by atoms with E-state index in [2.05, 4.69) is 4.90 Å². The molecular weight excluding hydrogens is 372 g/mol. The van der Waals surface area contributed by atoms with Crippen LogP contribution in [0.4, 0.5) is 17.1 Å². The van der Waals surface area contributed by atoms with Gasteiger partial charge in [0.25, 0.3) is 11.4 Å². The zero-order chi connectivity index (χ0) is 19.4. The zero-order valence-corrected chi connectivity index (χ0v) is 15.3. The number of nitro benzene ring substituents is 2. The molecular formula is C18H19ClN4O4. The molecule has 0 unspecified atom stereocenters. The summed E-state index contributed by atoms with van der Waals surface area (Å²) in [4.78, 5) is 25.4. The van der Waals surface area contributed by atoms with Crippen molar-refractivity contribution in [2.45, 2.75) is 13.0 Å². The number of anilines is 1. The Morgan fingerprint density at radius 2 is 1.67 bits per heavy atom. The molecule has 0 N–H and O–H groups in total. The van der Waals surface area contributed by atoms with Gasteiger partial charge in [0.15, 0.2) is 0 Å². The molecule has 1 fully saturated rings. The van der Waals surface area contributed by atoms with Crippen molar-refractivity contribution in [1.82, 2.24) is 4.90 Å². The Hall–Kier alpha value is -2.71. The van der Waals surface area contributed by atoms with Crippen LogP contribution in [0, 0.1) is 20.2 Å². The third kappa shape index (κ3) is 4.72. The minimum absolute atomic E-state index is 0.227. The van der Waals surface area contributed by atoms with Crippen LogP contribution in [0.15, 0.2) is 42.5 Å². The van der Waals surface area contributed by atoms with E-state index in [1.165, 1.54) is 12.1 Å². The molecule has 3 rings (SSSR count). The van der Waals surface area contributed by atoms with Crippen LogP contribution in [0.5, 0.6) is 0 Å². The summed E-state index contributed by atoms with van der Waals surface area (Å²) < 4.78 is 0. The first kappa shape index (κ1) is 19.1. The average molecular weight is 391 g/mol. The van der Waals surface area contributed by atoms with Gasteiger partial charge < -0.3 is 4.90 Å². The van der Waals surface area contributed by atoms with E-state index in [0.29, 0.717) is 23.8 Å². The Morgan fingerprint density at radius 1 is 0.926 bits per heavy atom. The molecule has 9 heteroatoms. The van der Waals surface area contributed by atoms with Crippen molar-refractivity contribution in [3.8, 4) is 0 Å². The van der Waals surface area contributed by atoms with Gasteiger partial charge in [0.1, 0.15) is 5.69 Å². The molecule has 2 aromatic rings. The van der Waals surface area contributed by atoms with Crippen molar-refractivity contribution in [2.24, 2.45) is 0 Å². The summed E-state index contributed by atoms with van der Waals surface area (Å²) in [6, 6.07) is 11.5. The first-order valence-electron chi connectivity index (χ1n) is 8.58. The van der Waals surface area contributed by atoms with Gasteiger partial charge in [0, 0.05) is 43.8 Å². The van der Waals surface area contributed by atoms with Crippen molar-refractivity contribution >= 4 is 28.7 Å². The summed E-state index contributed by atoms with van der Waals surface area (Å²) in [5, 5.41) is 23.0. The molecule has 0 atom stereocenters. The van der Waals surface area contributed by atoms with Crippen LogP contribution in [0.3, 0.4) is 0 Å². The molecule has 0 saturated carbocycles. The second kappa shape index (κ2) is 8.32. The van der Waals surface area contributed by atoms with Gasteiger partial charge >= 0.3 is 0 Å². The number of nitrogens with zero attached hydrogens (tertiary/aromatic N) is 4. The quantitative estimate of drug-likeness (QED) is 0.568. The lowest BCUT2D eigenvalue weighted by Crippen LogP contribution is -2.30. The fourth-order valence-electron chi connectivity index (χ4n) is 3.26. The molecule has 0 aliphatic carbocycles. The summed E-state index contributed by atoms with van der Waals surface area (Å²) in [7, 11) is 0. The molecule has 0 amide bonds. The van der Waals surface area contributed by atoms with E-state index in [9.17, 15) is 20.2 Å². The summed E-state index contributed by atoms with van der Waals surface area (Å²) in [6.07, 6.45) is 0.849. The van der Waals surface area contributed by atoms with Gasteiger partial charge in [-0.05, 0) is 30.2 Å². The maximum Gasteiger partial charge on any atom is 0.299 e. The van der Waals surface area contributed by atoms with Gasteiger partial charge in [-0.25, -0.2) is 0 Å². The highest BCUT2D eigenvalue weighted by molar-refractivity contribution is 6.30. The van der Waals surface area contributed by atoms with E-state index in [1.54, 1.807) is 0 Å². The highest BCUT2D eigenvalue weighted by atomic mass is 35.5. The standard InChI is InChI=1S/C18H19ClN4O4/c19-15-4-2-14(3-5-15)13-20-8-1-9-21(11-10-20)17-7-6-16(22(24)25)12-18(17)23(26)27/h2-7,12H,1,8-11,13H2. The fourth-order valence-corrected chi connectivity index (χ4v) is 3.38. The lowest BCUT2D eigenvalue weighted by Gasteiger charge is -2.23. The van der Waals surface area contributed by atoms with Crippen molar-refractivity contribution in [1.29, 1.82) is 0 Å². The van der Waals surface area contributed by atoms with Gasteiger partial charge in [-0.15, -0.1) is 0 Å². The molecule has 0 radical (unpaired) electrons. The third-order valence-electron chi connectivity index (χ3n) is 4.62. The van der Waals surface area contributed by atoms with Gasteiger partial charge in [-0.2, -0.15) is 0 Å². The van der Waals surface area contributed by atoms with E-state index in [4.69, 9.17) is 11.6 Å². The molecule has 0 bridgehead atoms. The molecule has 1 aliphatic heterocycles. The molecule has 142 valence electrons. The van der Waals surface area contributed by atoms with Gasteiger partial charge in [-0.3, -0.25) is 25.1 Å². The number of halogens is 1. The second-order valence-electron chi connectivity index (χ2n) is 6.43. The highest BCUT2D eigenvalue weighted by Gasteiger charge is 2.25. The predicted octanol–water partition coefficient (Wildman–Crippen LogP) is 3.87. The van der Waals surface area contributed by atoms with Crippen LogP contribution in [0.25, 0.3) is 0 Å². The number of nitro groups is 2. The molecule has 1 aliphatic rings. The summed E-state index contributed by atoms with van der Waals surface area (Å²) in [6.45, 7) is 3.69. The summed E-state index contributed by atoms with van der Waals surface area (Å²) in [5.74, 6) is 0. The Bertz CT molecular complexity index is 844. The fraction of sp³-hybridized carbons (Fsp3) is 0.333. The molecule has 1 saturated heterocycles. The normalized spacial score (nSPS) is 15.4. The van der Waals surface area contributed by atoms with Crippen LogP contribution in [-0.4, -0.2) is 40.9 Å². The van der Waals surface area contributed by atoms with Gasteiger partial charge in [0.05, 0.1) is 15.9 Å². The minimum Gasteiger partial charge on any atom is -0.365 e. The zero-order valence-electron chi connectivity index (χ0n) is 14.6. The van der Waals surface area contributed by atoms with Crippen LogP contribution in [0.2, 0.25) is 5.02 Å². The lowest BCUT2D eigenvalue weighted by molar-refractivity contribution is -0.393. The van der Waals surface area contributed by atoms with E-state index in [0.717, 1.165) is 37.7 Å². The molecule has 0 spiro atoms. The number of rotatable bonds is 5. The maximum absolute atomic E-state index is 11.4. The molecule has 2 aromatic carbocycles. The first-order chi connectivity index (χ1) is 12.9. The minimum atomic E-state index is -0.618. The van der Waals surface area contributed by atoms with Gasteiger partial charge in [0.2, 0.25) is 0 Å². The smallest absolute Gasteiger partial charge is 0.299 e. The largest absolute Gasteiger partial charge is 0.365 e. The van der Waals surface area contributed by atoms with Crippen LogP contribution in [-0.2, 0) is 6.54 Å². The topological polar surface area (TPSA) is 92.8 Å². The maximum atomic E-state index is 11.4. The first-order valence-corrected chi connectivity index (χ1v) is 8.96. The number of benzene rings is 2. The van der Waals surface area contributed by atoms with Crippen LogP contribution >= 0.6 is 11.6 Å². The number of hydrogen-bond donors (Lipinski definition) is 0. The highest BCUT2D eigenvalue weighted by Crippen LogP contribution is 2.32. The Labute approximate surface area is 161 Å². The molecule has 0 aromatic heterocycles. The molecule has 1 heterocycles. The van der Waals surface area contributed by atoms with Crippen molar-refractivity contribution in [2.75, 3.05) is 31.1 Å². The van der Waals surface area contributed by atoms with E-state index in [-0.39, 0.29) is 11.4 Å². The van der Waals surface area contributed by atoms with E-state index >= 15 is 0 Å². The number of non-ortho nitro benzene ring substituents is 1. The monoisotopic (exact) mass is 390 g/mol. The van der Waals surface area contributed by atoms with Crippen LogP contribution < -0.4 is 4.90 Å². The van der Waals surface area contributed by atoms with Crippen molar-refractivity contribution in [3.05, 3.63) is 73.3 Å². The Morgan fingerprint density at radius 3 is 2.33 bits per heavy atom. The number of hydrogen-bond acceptors (Lipinski definition) is 6. The van der Waals surface area contributed by atoms with Crippen molar-refractivity contribution < 1.29 is 9.85 Å². The Balaban J connectivity index is 1.73. The van der Waals surface area contributed by atoms with Gasteiger partial charge in [-0.1, -0.05) is 23.7 Å². The average Bonchev–Trinajstić information content (AvgIpc) is 2.88. The second-order valence-corrected chi connectivity index (χ2v) is 6.87. The van der Waals surface area contributed by atoms with Crippen molar-refractivity contribution in [3.63, 3.8) is 0 Å². The lowest BCUT2D eigenvalue weighted by atomic mass is 10.2. The summed E-state index contributed by atoms with van der Waals surface area (Å²) >= 11 is 5.92. The Kier molecular flexibility index (Phi) is 5.88. The van der Waals surface area contributed by atoms with E-state index < -0.39 is 9.85 Å². The SMILES string of the molecule is O=[N+]([O-])c1ccc(N2CCCN(Cc3ccc(Cl)cc3)CC2)c([N+](=O)[O-])c1.